The first-order valence-electron chi connectivity index (χ1n) is 12.7. The predicted octanol–water partition coefficient (Wildman–Crippen LogP) is 7.83. The molecular weight excluding hydrogens is 577 g/mol. The average molecular weight is 605 g/mol. The number of hydrogen-bond donors (Lipinski definition) is 3. The number of carbonyl (C=O) groups excluding carboxylic acids is 3. The molecule has 0 spiro atoms. The first-order chi connectivity index (χ1) is 19.7. The number of benzene rings is 4. The molecule has 4 rings (SSSR count). The number of carbonyl (C=O) groups is 3. The normalized spacial score (nSPS) is 11.9. The van der Waals surface area contributed by atoms with Crippen molar-refractivity contribution in [3.63, 3.8) is 0 Å². The largest absolute Gasteiger partial charge is 0.325 e. The van der Waals surface area contributed by atoms with Gasteiger partial charge in [0.2, 0.25) is 5.91 Å². The van der Waals surface area contributed by atoms with Gasteiger partial charge in [0.05, 0.1) is 5.25 Å². The Bertz CT molecular complexity index is 1590. The minimum atomic E-state index is -0.515. The number of rotatable bonds is 9. The maximum Gasteiger partial charge on any atom is 0.272 e. The Morgan fingerprint density at radius 1 is 0.829 bits per heavy atom. The van der Waals surface area contributed by atoms with E-state index in [-0.39, 0.29) is 16.9 Å². The van der Waals surface area contributed by atoms with Gasteiger partial charge in [0.15, 0.2) is 0 Å². The summed E-state index contributed by atoms with van der Waals surface area (Å²) in [5.74, 6) is -1.09. The zero-order valence-corrected chi connectivity index (χ0v) is 24.6. The SMILES string of the molecule is Cc1ccc(Cl)cc1NC(=O)C(C)Sc1ccc(NC(=O)/C(=C/c2ccccc2Cl)NC(=O)c2ccccc2)cc1. The van der Waals surface area contributed by atoms with E-state index in [1.807, 2.05) is 32.0 Å². The summed E-state index contributed by atoms with van der Waals surface area (Å²) in [7, 11) is 0. The fourth-order valence-corrected chi connectivity index (χ4v) is 4.96. The molecule has 0 aromatic heterocycles. The molecule has 4 aromatic rings. The number of anilines is 2. The Hall–Kier alpha value is -4.04. The summed E-state index contributed by atoms with van der Waals surface area (Å²) in [6.45, 7) is 3.72. The molecule has 0 saturated carbocycles. The van der Waals surface area contributed by atoms with E-state index in [2.05, 4.69) is 16.0 Å². The highest BCUT2D eigenvalue weighted by atomic mass is 35.5. The van der Waals surface area contributed by atoms with Gasteiger partial charge < -0.3 is 16.0 Å². The Labute approximate surface area is 253 Å². The lowest BCUT2D eigenvalue weighted by Crippen LogP contribution is -2.30. The molecule has 4 aromatic carbocycles. The Morgan fingerprint density at radius 2 is 1.51 bits per heavy atom. The third kappa shape index (κ3) is 8.47. The van der Waals surface area contributed by atoms with Crippen LogP contribution in [0.25, 0.3) is 6.08 Å². The second-order valence-electron chi connectivity index (χ2n) is 9.09. The lowest BCUT2D eigenvalue weighted by Gasteiger charge is -2.14. The average Bonchev–Trinajstić information content (AvgIpc) is 2.97. The van der Waals surface area contributed by atoms with Crippen molar-refractivity contribution in [1.82, 2.24) is 5.32 Å². The predicted molar refractivity (Wildman–Crippen MR) is 169 cm³/mol. The van der Waals surface area contributed by atoms with E-state index in [1.165, 1.54) is 17.8 Å². The van der Waals surface area contributed by atoms with E-state index in [1.54, 1.807) is 78.9 Å². The molecule has 1 atom stereocenters. The molecule has 9 heteroatoms. The smallest absolute Gasteiger partial charge is 0.272 e. The summed E-state index contributed by atoms with van der Waals surface area (Å²) in [6.07, 6.45) is 1.53. The molecule has 41 heavy (non-hydrogen) atoms. The zero-order valence-electron chi connectivity index (χ0n) is 22.3. The second kappa shape index (κ2) is 14.0. The van der Waals surface area contributed by atoms with Crippen molar-refractivity contribution in [3.05, 3.63) is 129 Å². The highest BCUT2D eigenvalue weighted by Gasteiger charge is 2.18. The Balaban J connectivity index is 1.44. The molecule has 0 fully saturated rings. The molecule has 208 valence electrons. The third-order valence-corrected chi connectivity index (χ3v) is 7.68. The van der Waals surface area contributed by atoms with Gasteiger partial charge in [-0.25, -0.2) is 0 Å². The van der Waals surface area contributed by atoms with E-state index < -0.39 is 11.8 Å². The minimum Gasteiger partial charge on any atom is -0.325 e. The lowest BCUT2D eigenvalue weighted by atomic mass is 10.1. The summed E-state index contributed by atoms with van der Waals surface area (Å²) in [5.41, 5.74) is 3.14. The van der Waals surface area contributed by atoms with Gasteiger partial charge in [0, 0.05) is 31.9 Å². The second-order valence-corrected chi connectivity index (χ2v) is 11.3. The van der Waals surface area contributed by atoms with Gasteiger partial charge in [0.25, 0.3) is 11.8 Å². The van der Waals surface area contributed by atoms with E-state index >= 15 is 0 Å². The van der Waals surface area contributed by atoms with Crippen LogP contribution in [0.1, 0.15) is 28.4 Å². The van der Waals surface area contributed by atoms with Crippen molar-refractivity contribution < 1.29 is 14.4 Å². The molecule has 0 saturated heterocycles. The first-order valence-corrected chi connectivity index (χ1v) is 14.3. The molecule has 3 amide bonds. The van der Waals surface area contributed by atoms with E-state index in [9.17, 15) is 14.4 Å². The molecule has 0 heterocycles. The van der Waals surface area contributed by atoms with Crippen LogP contribution in [0.15, 0.2) is 108 Å². The van der Waals surface area contributed by atoms with Crippen LogP contribution in [0.4, 0.5) is 11.4 Å². The molecule has 0 radical (unpaired) electrons. The van der Waals surface area contributed by atoms with Crippen molar-refractivity contribution in [2.75, 3.05) is 10.6 Å². The molecule has 3 N–H and O–H groups in total. The molecule has 0 aliphatic heterocycles. The number of hydrogen-bond acceptors (Lipinski definition) is 4. The van der Waals surface area contributed by atoms with Gasteiger partial charge in [-0.3, -0.25) is 14.4 Å². The number of amides is 3. The van der Waals surface area contributed by atoms with Crippen molar-refractivity contribution in [2.45, 2.75) is 24.0 Å². The molecular formula is C32H27Cl2N3O3S. The maximum atomic E-state index is 13.3. The number of aryl methyl sites for hydroxylation is 1. The fraction of sp³-hybridized carbons (Fsp3) is 0.0938. The highest BCUT2D eigenvalue weighted by Crippen LogP contribution is 2.27. The third-order valence-electron chi connectivity index (χ3n) is 5.99. The van der Waals surface area contributed by atoms with Gasteiger partial charge in [-0.15, -0.1) is 11.8 Å². The summed E-state index contributed by atoms with van der Waals surface area (Å²) in [5, 5.41) is 9.05. The van der Waals surface area contributed by atoms with Crippen LogP contribution in [0.5, 0.6) is 0 Å². The Morgan fingerprint density at radius 3 is 2.22 bits per heavy atom. The summed E-state index contributed by atoms with van der Waals surface area (Å²) >= 11 is 13.7. The minimum absolute atomic E-state index is 0.0343. The van der Waals surface area contributed by atoms with Gasteiger partial charge in [-0.05, 0) is 85.6 Å². The highest BCUT2D eigenvalue weighted by molar-refractivity contribution is 8.00. The molecule has 1 unspecified atom stereocenters. The van der Waals surface area contributed by atoms with Gasteiger partial charge >= 0.3 is 0 Å². The number of halogens is 2. The quantitative estimate of drug-likeness (QED) is 0.134. The van der Waals surface area contributed by atoms with Gasteiger partial charge in [0.1, 0.15) is 5.70 Å². The standard InChI is InChI=1S/C32H27Cl2N3O3S/c1-20-12-13-24(33)19-28(20)36-30(38)21(2)41-26-16-14-25(15-17-26)35-32(40)29(18-23-10-6-7-11-27(23)34)37-31(39)22-8-4-3-5-9-22/h3-19,21H,1-2H3,(H,35,40)(H,36,38)(H,37,39)/b29-18-. The lowest BCUT2D eigenvalue weighted by molar-refractivity contribution is -0.115. The van der Waals surface area contributed by atoms with E-state index in [4.69, 9.17) is 23.2 Å². The topological polar surface area (TPSA) is 87.3 Å². The van der Waals surface area contributed by atoms with Gasteiger partial charge in [-0.1, -0.05) is 65.7 Å². The van der Waals surface area contributed by atoms with Crippen LogP contribution in [0.2, 0.25) is 10.0 Å². The van der Waals surface area contributed by atoms with Crippen molar-refractivity contribution in [1.29, 1.82) is 0 Å². The van der Waals surface area contributed by atoms with Gasteiger partial charge in [-0.2, -0.15) is 0 Å². The number of thioether (sulfide) groups is 1. The number of nitrogens with one attached hydrogen (secondary N) is 3. The van der Waals surface area contributed by atoms with Crippen LogP contribution >= 0.6 is 35.0 Å². The monoisotopic (exact) mass is 603 g/mol. The maximum absolute atomic E-state index is 13.3. The van der Waals surface area contributed by atoms with E-state index in [0.717, 1.165) is 10.5 Å². The summed E-state index contributed by atoms with van der Waals surface area (Å²) in [4.78, 5) is 39.7. The summed E-state index contributed by atoms with van der Waals surface area (Å²) in [6, 6.07) is 28.1. The van der Waals surface area contributed by atoms with Crippen molar-refractivity contribution in [3.8, 4) is 0 Å². The van der Waals surface area contributed by atoms with E-state index in [0.29, 0.717) is 32.5 Å². The van der Waals surface area contributed by atoms with Crippen LogP contribution in [0.3, 0.4) is 0 Å². The molecule has 0 aliphatic rings. The summed E-state index contributed by atoms with van der Waals surface area (Å²) < 4.78 is 0. The van der Waals surface area contributed by atoms with Crippen LogP contribution in [-0.4, -0.2) is 23.0 Å². The van der Waals surface area contributed by atoms with Crippen molar-refractivity contribution in [2.24, 2.45) is 0 Å². The molecule has 6 nitrogen and oxygen atoms in total. The zero-order chi connectivity index (χ0) is 29.4. The van der Waals surface area contributed by atoms with Crippen LogP contribution < -0.4 is 16.0 Å². The molecule has 0 bridgehead atoms. The Kier molecular flexibility index (Phi) is 10.2. The molecule has 0 aliphatic carbocycles. The fourth-order valence-electron chi connectivity index (χ4n) is 3.73. The van der Waals surface area contributed by atoms with Crippen LogP contribution in [-0.2, 0) is 9.59 Å². The first kappa shape index (κ1) is 29.9. The van der Waals surface area contributed by atoms with Crippen molar-refractivity contribution >= 4 is 70.1 Å². The van der Waals surface area contributed by atoms with Crippen LogP contribution in [0, 0.1) is 6.92 Å².